The maximum absolute atomic E-state index is 11.3. The third-order valence-electron chi connectivity index (χ3n) is 1.80. The van der Waals surface area contributed by atoms with E-state index < -0.39 is 0 Å². The summed E-state index contributed by atoms with van der Waals surface area (Å²) in [6.07, 6.45) is 2.49. The molecule has 12 heavy (non-hydrogen) atoms. The predicted molar refractivity (Wildman–Crippen MR) is 45.2 cm³/mol. The molecule has 0 saturated heterocycles. The fraction of sp³-hybridized carbons (Fsp3) is 0.250. The van der Waals surface area contributed by atoms with E-state index in [9.17, 15) is 4.79 Å². The van der Waals surface area contributed by atoms with Crippen LogP contribution in [0.4, 0.5) is 0 Å². The van der Waals surface area contributed by atoms with Crippen molar-refractivity contribution in [1.82, 2.24) is 14.6 Å². The zero-order valence-electron chi connectivity index (χ0n) is 6.74. The van der Waals surface area contributed by atoms with Crippen LogP contribution in [0.15, 0.2) is 23.1 Å². The monoisotopic (exact) mass is 163 g/mol. The van der Waals surface area contributed by atoms with Crippen molar-refractivity contribution >= 4 is 5.65 Å². The number of hydrogen-bond acceptors (Lipinski definition) is 2. The summed E-state index contributed by atoms with van der Waals surface area (Å²) in [5, 5.41) is 2.78. The molecule has 0 radical (unpaired) electrons. The molecule has 2 rings (SSSR count). The third-order valence-corrected chi connectivity index (χ3v) is 1.80. The zero-order valence-corrected chi connectivity index (χ0v) is 6.74. The van der Waals surface area contributed by atoms with Crippen LogP contribution in [-0.2, 0) is 6.42 Å². The van der Waals surface area contributed by atoms with Gasteiger partial charge in [0.25, 0.3) is 5.56 Å². The lowest BCUT2D eigenvalue weighted by molar-refractivity contribution is 0.876. The van der Waals surface area contributed by atoms with E-state index in [0.29, 0.717) is 5.65 Å². The molecule has 0 amide bonds. The van der Waals surface area contributed by atoms with E-state index in [-0.39, 0.29) is 5.56 Å². The maximum Gasteiger partial charge on any atom is 0.272 e. The van der Waals surface area contributed by atoms with E-state index in [4.69, 9.17) is 0 Å². The maximum atomic E-state index is 11.3. The highest BCUT2D eigenvalue weighted by Gasteiger charge is 1.99. The van der Waals surface area contributed by atoms with Gasteiger partial charge in [-0.3, -0.25) is 9.89 Å². The first kappa shape index (κ1) is 7.09. The number of aromatic nitrogens is 3. The molecule has 2 heterocycles. The molecule has 4 heteroatoms. The molecule has 62 valence electrons. The van der Waals surface area contributed by atoms with Gasteiger partial charge in [0.15, 0.2) is 5.65 Å². The fourth-order valence-corrected chi connectivity index (χ4v) is 1.16. The minimum atomic E-state index is -0.0538. The normalized spacial score (nSPS) is 10.8. The number of aryl methyl sites for hydroxylation is 1. The quantitative estimate of drug-likeness (QED) is 0.668. The van der Waals surface area contributed by atoms with E-state index in [1.807, 2.05) is 6.92 Å². The van der Waals surface area contributed by atoms with Crippen LogP contribution >= 0.6 is 0 Å². The van der Waals surface area contributed by atoms with Gasteiger partial charge in [-0.05, 0) is 6.42 Å². The summed E-state index contributed by atoms with van der Waals surface area (Å²) < 4.78 is 1.42. The van der Waals surface area contributed by atoms with Gasteiger partial charge in [-0.1, -0.05) is 6.92 Å². The van der Waals surface area contributed by atoms with E-state index in [1.165, 1.54) is 4.52 Å². The molecule has 1 N–H and O–H groups in total. The largest absolute Gasteiger partial charge is 0.297 e. The molecule has 0 bridgehead atoms. The summed E-state index contributed by atoms with van der Waals surface area (Å²) in [4.78, 5) is 15.6. The number of nitrogens with zero attached hydrogens (tertiary/aromatic N) is 2. The van der Waals surface area contributed by atoms with Crippen molar-refractivity contribution in [2.45, 2.75) is 13.3 Å². The summed E-state index contributed by atoms with van der Waals surface area (Å²) >= 11 is 0. The average molecular weight is 163 g/mol. The Morgan fingerprint density at radius 1 is 1.67 bits per heavy atom. The summed E-state index contributed by atoms with van der Waals surface area (Å²) in [6.45, 7) is 1.98. The van der Waals surface area contributed by atoms with Crippen LogP contribution in [0.25, 0.3) is 5.65 Å². The van der Waals surface area contributed by atoms with Crippen LogP contribution in [0.2, 0.25) is 0 Å². The van der Waals surface area contributed by atoms with Crippen LogP contribution in [0.1, 0.15) is 12.6 Å². The molecule has 2 aromatic rings. The van der Waals surface area contributed by atoms with Crippen LogP contribution in [0.3, 0.4) is 0 Å². The van der Waals surface area contributed by atoms with E-state index in [0.717, 1.165) is 12.1 Å². The van der Waals surface area contributed by atoms with Gasteiger partial charge in [-0.15, -0.1) is 0 Å². The third kappa shape index (κ3) is 0.922. The van der Waals surface area contributed by atoms with Crippen molar-refractivity contribution in [3.63, 3.8) is 0 Å². The van der Waals surface area contributed by atoms with Gasteiger partial charge in [0.2, 0.25) is 0 Å². The number of rotatable bonds is 1. The molecule has 0 aliphatic rings. The Labute approximate surface area is 68.8 Å². The molecule has 0 atom stereocenters. The molecule has 0 unspecified atom stereocenters. The topological polar surface area (TPSA) is 50.2 Å². The zero-order chi connectivity index (χ0) is 8.55. The highest BCUT2D eigenvalue weighted by Crippen LogP contribution is 1.96. The first-order valence-electron chi connectivity index (χ1n) is 3.87. The molecule has 0 aliphatic carbocycles. The number of nitrogens with one attached hydrogen (secondary N) is 1. The summed E-state index contributed by atoms with van der Waals surface area (Å²) in [5.41, 5.74) is 1.46. The van der Waals surface area contributed by atoms with Crippen LogP contribution in [0, 0.1) is 0 Å². The first-order chi connectivity index (χ1) is 5.81. The first-order valence-corrected chi connectivity index (χ1v) is 3.87. The lowest BCUT2D eigenvalue weighted by Crippen LogP contribution is -2.14. The molecule has 0 aromatic carbocycles. The van der Waals surface area contributed by atoms with Gasteiger partial charge in [-0.2, -0.15) is 0 Å². The van der Waals surface area contributed by atoms with Gasteiger partial charge >= 0.3 is 0 Å². The van der Waals surface area contributed by atoms with Crippen molar-refractivity contribution < 1.29 is 0 Å². The second-order valence-corrected chi connectivity index (χ2v) is 2.60. The van der Waals surface area contributed by atoms with Crippen molar-refractivity contribution in [3.8, 4) is 0 Å². The van der Waals surface area contributed by atoms with Gasteiger partial charge in [0.1, 0.15) is 0 Å². The highest BCUT2D eigenvalue weighted by molar-refractivity contribution is 5.36. The van der Waals surface area contributed by atoms with E-state index in [1.54, 1.807) is 18.3 Å². The molecule has 0 aliphatic heterocycles. The average Bonchev–Trinajstić information content (AvgIpc) is 2.52. The SMILES string of the molecule is CCc1cc(=O)n2[nH]ccc2n1. The van der Waals surface area contributed by atoms with Crippen molar-refractivity contribution in [2.75, 3.05) is 0 Å². The van der Waals surface area contributed by atoms with Crippen LogP contribution < -0.4 is 5.56 Å². The number of H-pyrrole nitrogens is 1. The second kappa shape index (κ2) is 2.48. The summed E-state index contributed by atoms with van der Waals surface area (Å²) in [7, 11) is 0. The van der Waals surface area contributed by atoms with Gasteiger partial charge < -0.3 is 0 Å². The second-order valence-electron chi connectivity index (χ2n) is 2.60. The fourth-order valence-electron chi connectivity index (χ4n) is 1.16. The Bertz CT molecular complexity index is 455. The molecular formula is C8H9N3O. The Balaban J connectivity index is 2.84. The van der Waals surface area contributed by atoms with Crippen molar-refractivity contribution in [2.24, 2.45) is 0 Å². The summed E-state index contributed by atoms with van der Waals surface area (Å²) in [5.74, 6) is 0. The standard InChI is InChI=1S/C8H9N3O/c1-2-6-5-8(12)11-7(10-6)3-4-9-11/h3-5,9H,2H2,1H3. The molecular weight excluding hydrogens is 154 g/mol. The van der Waals surface area contributed by atoms with E-state index >= 15 is 0 Å². The van der Waals surface area contributed by atoms with Gasteiger partial charge in [0.05, 0.1) is 0 Å². The minimum Gasteiger partial charge on any atom is -0.297 e. The van der Waals surface area contributed by atoms with Gasteiger partial charge in [0, 0.05) is 24.0 Å². The molecule has 0 fully saturated rings. The van der Waals surface area contributed by atoms with Crippen LogP contribution in [-0.4, -0.2) is 14.6 Å². The Kier molecular flexibility index (Phi) is 1.46. The number of fused-ring (bicyclic) bond motifs is 1. The molecule has 4 nitrogen and oxygen atoms in total. The van der Waals surface area contributed by atoms with E-state index in [2.05, 4.69) is 10.1 Å². The van der Waals surface area contributed by atoms with Crippen molar-refractivity contribution in [1.29, 1.82) is 0 Å². The minimum absolute atomic E-state index is 0.0538. The number of hydrogen-bond donors (Lipinski definition) is 1. The molecule has 0 saturated carbocycles. The van der Waals surface area contributed by atoms with Gasteiger partial charge in [-0.25, -0.2) is 9.50 Å². The van der Waals surface area contributed by atoms with Crippen molar-refractivity contribution in [3.05, 3.63) is 34.4 Å². The lowest BCUT2D eigenvalue weighted by Gasteiger charge is -1.95. The Morgan fingerprint density at radius 2 is 2.50 bits per heavy atom. The Morgan fingerprint density at radius 3 is 3.25 bits per heavy atom. The lowest BCUT2D eigenvalue weighted by atomic mass is 10.3. The van der Waals surface area contributed by atoms with Crippen LogP contribution in [0.5, 0.6) is 0 Å². The highest BCUT2D eigenvalue weighted by atomic mass is 16.1. The Hall–Kier alpha value is -1.58. The summed E-state index contributed by atoms with van der Waals surface area (Å²) in [6, 6.07) is 3.32. The molecule has 2 aromatic heterocycles. The number of aromatic amines is 1. The molecule has 0 spiro atoms. The predicted octanol–water partition coefficient (Wildman–Crippen LogP) is 0.585. The smallest absolute Gasteiger partial charge is 0.272 e.